The lowest BCUT2D eigenvalue weighted by Crippen LogP contribution is -2.40. The summed E-state index contributed by atoms with van der Waals surface area (Å²) < 4.78 is 5.19. The molecule has 134 valence electrons. The predicted octanol–water partition coefficient (Wildman–Crippen LogP) is 2.13. The normalized spacial score (nSPS) is 10.2. The molecular weight excluding hydrogens is 334 g/mol. The molecule has 7 nitrogen and oxygen atoms in total. The highest BCUT2D eigenvalue weighted by atomic mass is 16.5. The average Bonchev–Trinajstić information content (AvgIpc) is 2.64. The molecule has 0 aliphatic rings. The number of anilines is 1. The van der Waals surface area contributed by atoms with Crippen LogP contribution in [0.2, 0.25) is 0 Å². The molecule has 3 amide bonds. The van der Waals surface area contributed by atoms with Crippen LogP contribution in [0.4, 0.5) is 5.69 Å². The Balaban J connectivity index is 1.89. The summed E-state index contributed by atoms with van der Waals surface area (Å²) in [5, 5.41) is 2.60. The molecule has 0 saturated heterocycles. The molecule has 7 heteroatoms. The fourth-order valence-electron chi connectivity index (χ4n) is 2.11. The van der Waals surface area contributed by atoms with E-state index in [1.807, 2.05) is 12.1 Å². The highest BCUT2D eigenvalue weighted by molar-refractivity contribution is 5.98. The molecule has 0 heterocycles. The minimum absolute atomic E-state index is 0.198. The zero-order valence-corrected chi connectivity index (χ0v) is 14.4. The summed E-state index contributed by atoms with van der Waals surface area (Å²) in [5.41, 5.74) is 6.28. The fourth-order valence-corrected chi connectivity index (χ4v) is 2.11. The maximum Gasteiger partial charge on any atom is 0.269 e. The van der Waals surface area contributed by atoms with Gasteiger partial charge in [-0.3, -0.25) is 25.2 Å². The molecule has 2 aromatic carbocycles. The van der Waals surface area contributed by atoms with Crippen molar-refractivity contribution in [2.24, 2.45) is 0 Å². The van der Waals surface area contributed by atoms with Gasteiger partial charge in [0.05, 0.1) is 7.11 Å². The van der Waals surface area contributed by atoms with Gasteiger partial charge in [-0.15, -0.1) is 0 Å². The third kappa shape index (κ3) is 5.48. The molecule has 0 fully saturated rings. The minimum atomic E-state index is -0.487. The van der Waals surface area contributed by atoms with Crippen molar-refractivity contribution in [1.29, 1.82) is 0 Å². The minimum Gasteiger partial charge on any atom is -0.496 e. The molecular formula is C19H19N3O4. The van der Waals surface area contributed by atoms with Crippen molar-refractivity contribution in [3.63, 3.8) is 0 Å². The van der Waals surface area contributed by atoms with Gasteiger partial charge in [-0.1, -0.05) is 18.2 Å². The molecule has 0 radical (unpaired) electrons. The Labute approximate surface area is 151 Å². The molecule has 0 spiro atoms. The standard InChI is InChI=1S/C19H19N3O4/c1-13(23)20-16-10-7-15(8-11-16)19(25)22-21-18(24)12-9-14-5-3-4-6-17(14)26-2/h3-12H,1-2H3,(H,20,23)(H,21,24)(H,22,25). The van der Waals surface area contributed by atoms with Gasteiger partial charge in [0.2, 0.25) is 5.91 Å². The first-order valence-corrected chi connectivity index (χ1v) is 7.78. The van der Waals surface area contributed by atoms with Gasteiger partial charge in [0.1, 0.15) is 5.75 Å². The van der Waals surface area contributed by atoms with Crippen molar-refractivity contribution in [3.8, 4) is 5.75 Å². The summed E-state index contributed by atoms with van der Waals surface area (Å²) in [6.45, 7) is 1.40. The Morgan fingerprint density at radius 1 is 0.962 bits per heavy atom. The van der Waals surface area contributed by atoms with Gasteiger partial charge in [-0.2, -0.15) is 0 Å². The molecule has 0 saturated carbocycles. The second-order valence-corrected chi connectivity index (χ2v) is 5.28. The molecule has 2 aromatic rings. The quantitative estimate of drug-likeness (QED) is 0.567. The number of hydrogen-bond donors (Lipinski definition) is 3. The maximum atomic E-state index is 12.0. The van der Waals surface area contributed by atoms with Gasteiger partial charge < -0.3 is 10.1 Å². The zero-order chi connectivity index (χ0) is 18.9. The first kappa shape index (κ1) is 18.7. The fraction of sp³-hybridized carbons (Fsp3) is 0.105. The number of ether oxygens (including phenoxy) is 1. The number of benzene rings is 2. The number of nitrogens with one attached hydrogen (secondary N) is 3. The van der Waals surface area contributed by atoms with Crippen LogP contribution in [-0.4, -0.2) is 24.8 Å². The van der Waals surface area contributed by atoms with Gasteiger partial charge in [-0.05, 0) is 36.4 Å². The van der Waals surface area contributed by atoms with E-state index < -0.39 is 11.8 Å². The van der Waals surface area contributed by atoms with Crippen LogP contribution >= 0.6 is 0 Å². The van der Waals surface area contributed by atoms with Gasteiger partial charge >= 0.3 is 0 Å². The van der Waals surface area contributed by atoms with Crippen molar-refractivity contribution in [1.82, 2.24) is 10.9 Å². The molecule has 2 rings (SSSR count). The van der Waals surface area contributed by atoms with E-state index in [-0.39, 0.29) is 5.91 Å². The van der Waals surface area contributed by atoms with Crippen LogP contribution in [-0.2, 0) is 9.59 Å². The lowest BCUT2D eigenvalue weighted by atomic mass is 10.2. The second kappa shape index (κ2) is 9.03. The Kier molecular flexibility index (Phi) is 6.50. The first-order chi connectivity index (χ1) is 12.5. The smallest absolute Gasteiger partial charge is 0.269 e. The largest absolute Gasteiger partial charge is 0.496 e. The van der Waals surface area contributed by atoms with Crippen LogP contribution in [0.1, 0.15) is 22.8 Å². The van der Waals surface area contributed by atoms with Gasteiger partial charge in [0, 0.05) is 29.8 Å². The number of carbonyl (C=O) groups excluding carboxylic acids is 3. The first-order valence-electron chi connectivity index (χ1n) is 7.78. The number of rotatable bonds is 5. The van der Waals surface area contributed by atoms with Crippen LogP contribution in [0, 0.1) is 0 Å². The van der Waals surface area contributed by atoms with E-state index in [0.717, 1.165) is 5.56 Å². The van der Waals surface area contributed by atoms with Gasteiger partial charge in [0.25, 0.3) is 11.8 Å². The van der Waals surface area contributed by atoms with Gasteiger partial charge in [-0.25, -0.2) is 0 Å². The molecule has 26 heavy (non-hydrogen) atoms. The van der Waals surface area contributed by atoms with Crippen molar-refractivity contribution in [2.75, 3.05) is 12.4 Å². The summed E-state index contributed by atoms with van der Waals surface area (Å²) in [6.07, 6.45) is 2.88. The van der Waals surface area contributed by atoms with Crippen molar-refractivity contribution in [2.45, 2.75) is 6.92 Å². The predicted molar refractivity (Wildman–Crippen MR) is 98.4 cm³/mol. The number of amides is 3. The molecule has 0 unspecified atom stereocenters. The Morgan fingerprint density at radius 3 is 2.31 bits per heavy atom. The van der Waals surface area contributed by atoms with E-state index in [2.05, 4.69) is 16.2 Å². The highest BCUT2D eigenvalue weighted by Crippen LogP contribution is 2.18. The van der Waals surface area contributed by atoms with Crippen LogP contribution in [0.3, 0.4) is 0 Å². The lowest BCUT2D eigenvalue weighted by Gasteiger charge is -2.07. The van der Waals surface area contributed by atoms with Crippen LogP contribution < -0.4 is 20.9 Å². The highest BCUT2D eigenvalue weighted by Gasteiger charge is 2.06. The Morgan fingerprint density at radius 2 is 1.65 bits per heavy atom. The summed E-state index contributed by atoms with van der Waals surface area (Å²) >= 11 is 0. The topological polar surface area (TPSA) is 96.5 Å². The van der Waals surface area contributed by atoms with Crippen LogP contribution in [0.15, 0.2) is 54.6 Å². The SMILES string of the molecule is COc1ccccc1C=CC(=O)NNC(=O)c1ccc(NC(C)=O)cc1. The number of para-hydroxylation sites is 1. The Hall–Kier alpha value is -3.61. The monoisotopic (exact) mass is 353 g/mol. The molecule has 3 N–H and O–H groups in total. The van der Waals surface area contributed by atoms with E-state index in [4.69, 9.17) is 4.74 Å². The second-order valence-electron chi connectivity index (χ2n) is 5.28. The average molecular weight is 353 g/mol. The molecule has 0 atom stereocenters. The number of hydrogen-bond acceptors (Lipinski definition) is 4. The number of methoxy groups -OCH3 is 1. The number of hydrazine groups is 1. The Bertz CT molecular complexity index is 829. The van der Waals surface area contributed by atoms with Crippen LogP contribution in [0.25, 0.3) is 6.08 Å². The number of carbonyl (C=O) groups is 3. The third-order valence-corrected chi connectivity index (χ3v) is 3.32. The molecule has 0 aromatic heterocycles. The molecule has 0 bridgehead atoms. The van der Waals surface area contributed by atoms with E-state index in [0.29, 0.717) is 17.0 Å². The molecule has 0 aliphatic carbocycles. The maximum absolute atomic E-state index is 12.0. The third-order valence-electron chi connectivity index (χ3n) is 3.32. The van der Waals surface area contributed by atoms with Crippen molar-refractivity contribution in [3.05, 3.63) is 65.7 Å². The van der Waals surface area contributed by atoms with Crippen molar-refractivity contribution >= 4 is 29.5 Å². The zero-order valence-electron chi connectivity index (χ0n) is 14.4. The summed E-state index contributed by atoms with van der Waals surface area (Å²) in [7, 11) is 1.55. The van der Waals surface area contributed by atoms with Crippen molar-refractivity contribution < 1.29 is 19.1 Å². The summed E-state index contributed by atoms with van der Waals surface area (Å²) in [4.78, 5) is 34.8. The lowest BCUT2D eigenvalue weighted by molar-refractivity contribution is -0.117. The van der Waals surface area contributed by atoms with E-state index >= 15 is 0 Å². The van der Waals surface area contributed by atoms with E-state index in [1.54, 1.807) is 37.5 Å². The molecule has 0 aliphatic heterocycles. The van der Waals surface area contributed by atoms with E-state index in [9.17, 15) is 14.4 Å². The summed E-state index contributed by atoms with van der Waals surface area (Å²) in [5.74, 6) is -0.520. The van der Waals surface area contributed by atoms with Gasteiger partial charge in [0.15, 0.2) is 0 Å². The summed E-state index contributed by atoms with van der Waals surface area (Å²) in [6, 6.07) is 13.5. The van der Waals surface area contributed by atoms with Crippen LogP contribution in [0.5, 0.6) is 5.75 Å². The van der Waals surface area contributed by atoms with E-state index in [1.165, 1.54) is 25.1 Å².